The topological polar surface area (TPSA) is 12.0 Å². The second-order valence-electron chi connectivity index (χ2n) is 3.52. The van der Waals surface area contributed by atoms with Crippen molar-refractivity contribution in [1.29, 1.82) is 0 Å². The van der Waals surface area contributed by atoms with Crippen LogP contribution in [0, 0.1) is 5.92 Å². The highest BCUT2D eigenvalue weighted by Gasteiger charge is 2.35. The lowest BCUT2D eigenvalue weighted by atomic mass is 9.80. The minimum absolute atomic E-state index is 0.168. The van der Waals surface area contributed by atoms with Crippen molar-refractivity contribution in [1.82, 2.24) is 0 Å². The molecule has 1 N–H and O–H groups in total. The molecule has 0 aromatic carbocycles. The molecule has 0 aliphatic heterocycles. The number of rotatable bonds is 3. The molecule has 1 aliphatic carbocycles. The first-order valence-corrected chi connectivity index (χ1v) is 5.70. The van der Waals surface area contributed by atoms with E-state index >= 15 is 0 Å². The number of halogens is 3. The summed E-state index contributed by atoms with van der Waals surface area (Å²) < 4.78 is 25.0. The summed E-state index contributed by atoms with van der Waals surface area (Å²) in [6.45, 7) is 0. The minimum atomic E-state index is -2.18. The van der Waals surface area contributed by atoms with E-state index in [0.29, 0.717) is 17.2 Å². The molecule has 1 aliphatic rings. The molecule has 0 bridgehead atoms. The number of thiophene rings is 1. The van der Waals surface area contributed by atoms with Crippen LogP contribution in [0.2, 0.25) is 4.34 Å². The molecule has 1 nitrogen and oxygen atoms in total. The van der Waals surface area contributed by atoms with Crippen LogP contribution in [0.3, 0.4) is 0 Å². The third-order valence-corrected chi connectivity index (χ3v) is 3.68. The third-order valence-electron chi connectivity index (χ3n) is 2.51. The van der Waals surface area contributed by atoms with Crippen molar-refractivity contribution < 1.29 is 8.78 Å². The van der Waals surface area contributed by atoms with Crippen molar-refractivity contribution in [2.75, 3.05) is 5.32 Å². The van der Waals surface area contributed by atoms with Gasteiger partial charge in [-0.3, -0.25) is 0 Å². The molecule has 1 aromatic heterocycles. The molecule has 1 saturated carbocycles. The quantitative estimate of drug-likeness (QED) is 0.842. The van der Waals surface area contributed by atoms with E-state index < -0.39 is 12.3 Å². The van der Waals surface area contributed by atoms with Gasteiger partial charge in [-0.05, 0) is 24.3 Å². The molecule has 0 unspecified atom stereocenters. The average Bonchev–Trinajstić information content (AvgIpc) is 2.42. The molecule has 0 amide bonds. The van der Waals surface area contributed by atoms with Crippen LogP contribution in [0.25, 0.3) is 0 Å². The van der Waals surface area contributed by atoms with Gasteiger partial charge in [0.15, 0.2) is 0 Å². The first kappa shape index (κ1) is 10.2. The smallest absolute Gasteiger partial charge is 0.241 e. The van der Waals surface area contributed by atoms with E-state index in [0.717, 1.165) is 5.69 Å². The molecular formula is C9H10ClF2NS. The van der Waals surface area contributed by atoms with Crippen molar-refractivity contribution >= 4 is 28.6 Å². The molecule has 0 atom stereocenters. The van der Waals surface area contributed by atoms with Gasteiger partial charge in [0.1, 0.15) is 4.34 Å². The first-order chi connectivity index (χ1) is 6.66. The van der Waals surface area contributed by atoms with E-state index in [-0.39, 0.29) is 6.04 Å². The monoisotopic (exact) mass is 237 g/mol. The summed E-state index contributed by atoms with van der Waals surface area (Å²) in [4.78, 5) is 0. The zero-order valence-corrected chi connectivity index (χ0v) is 8.92. The molecule has 1 aromatic rings. The van der Waals surface area contributed by atoms with Gasteiger partial charge in [0.2, 0.25) is 6.43 Å². The Morgan fingerprint density at radius 1 is 1.50 bits per heavy atom. The van der Waals surface area contributed by atoms with E-state index in [1.165, 1.54) is 11.3 Å². The maximum absolute atomic E-state index is 12.2. The molecule has 0 spiro atoms. The van der Waals surface area contributed by atoms with Crippen LogP contribution in [0.1, 0.15) is 12.8 Å². The van der Waals surface area contributed by atoms with Gasteiger partial charge in [-0.15, -0.1) is 11.3 Å². The molecule has 5 heteroatoms. The second kappa shape index (κ2) is 4.03. The van der Waals surface area contributed by atoms with Gasteiger partial charge in [0, 0.05) is 12.0 Å². The fourth-order valence-corrected chi connectivity index (χ4v) is 2.45. The van der Waals surface area contributed by atoms with Crippen molar-refractivity contribution in [3.63, 3.8) is 0 Å². The van der Waals surface area contributed by atoms with Crippen LogP contribution in [0.5, 0.6) is 0 Å². The van der Waals surface area contributed by atoms with E-state index in [2.05, 4.69) is 5.32 Å². The van der Waals surface area contributed by atoms with Crippen LogP contribution in [-0.2, 0) is 0 Å². The van der Waals surface area contributed by atoms with Gasteiger partial charge in [0.05, 0.1) is 5.69 Å². The van der Waals surface area contributed by atoms with Crippen LogP contribution < -0.4 is 5.32 Å². The Bertz CT molecular complexity index is 310. The summed E-state index contributed by atoms with van der Waals surface area (Å²) in [5, 5.41) is 5.04. The highest BCUT2D eigenvalue weighted by molar-refractivity contribution is 7.15. The summed E-state index contributed by atoms with van der Waals surface area (Å²) in [7, 11) is 0. The molecule has 0 radical (unpaired) electrons. The molecule has 14 heavy (non-hydrogen) atoms. The first-order valence-electron chi connectivity index (χ1n) is 4.44. The van der Waals surface area contributed by atoms with E-state index in [1.54, 1.807) is 0 Å². The van der Waals surface area contributed by atoms with Gasteiger partial charge < -0.3 is 5.32 Å². The Kier molecular flexibility index (Phi) is 2.93. The maximum atomic E-state index is 12.2. The predicted octanol–water partition coefficient (Wildman–Crippen LogP) is 3.86. The fourth-order valence-electron chi connectivity index (χ4n) is 1.60. The Morgan fingerprint density at radius 3 is 2.71 bits per heavy atom. The predicted molar refractivity (Wildman–Crippen MR) is 55.5 cm³/mol. The lowest BCUT2D eigenvalue weighted by molar-refractivity contribution is 0.0281. The van der Waals surface area contributed by atoms with Crippen LogP contribution >= 0.6 is 22.9 Å². The van der Waals surface area contributed by atoms with Gasteiger partial charge in [-0.25, -0.2) is 8.78 Å². The molecule has 2 rings (SSSR count). The zero-order chi connectivity index (χ0) is 10.1. The summed E-state index contributed by atoms with van der Waals surface area (Å²) >= 11 is 7.31. The Labute approximate surface area is 90.1 Å². The fraction of sp³-hybridized carbons (Fsp3) is 0.556. The van der Waals surface area contributed by atoms with E-state index in [4.69, 9.17) is 11.6 Å². The van der Waals surface area contributed by atoms with Crippen molar-refractivity contribution in [2.24, 2.45) is 5.92 Å². The highest BCUT2D eigenvalue weighted by Crippen LogP contribution is 2.37. The summed E-state index contributed by atoms with van der Waals surface area (Å²) in [6.07, 6.45) is -1.08. The summed E-state index contributed by atoms with van der Waals surface area (Å²) in [5.74, 6) is -0.426. The molecule has 0 saturated heterocycles. The Morgan fingerprint density at radius 2 is 2.21 bits per heavy atom. The molecule has 1 fully saturated rings. The summed E-state index contributed by atoms with van der Waals surface area (Å²) in [5.41, 5.74) is 0.870. The molecular weight excluding hydrogens is 228 g/mol. The van der Waals surface area contributed by atoms with E-state index in [9.17, 15) is 8.78 Å². The Balaban J connectivity index is 1.82. The molecule has 78 valence electrons. The second-order valence-corrected chi connectivity index (χ2v) is 5.03. The third kappa shape index (κ3) is 2.01. The SMILES string of the molecule is FC(F)C1CC(Nc2ccsc2Cl)C1. The summed E-state index contributed by atoms with van der Waals surface area (Å²) in [6, 6.07) is 2.05. The van der Waals surface area contributed by atoms with Gasteiger partial charge in [0.25, 0.3) is 0 Å². The lowest BCUT2D eigenvalue weighted by Crippen LogP contribution is -2.38. The average molecular weight is 238 g/mol. The van der Waals surface area contributed by atoms with Crippen molar-refractivity contribution in [3.8, 4) is 0 Å². The van der Waals surface area contributed by atoms with Gasteiger partial charge >= 0.3 is 0 Å². The number of hydrogen-bond donors (Lipinski definition) is 1. The van der Waals surface area contributed by atoms with Crippen molar-refractivity contribution in [2.45, 2.75) is 25.3 Å². The Hall–Kier alpha value is -0.350. The van der Waals surface area contributed by atoms with Crippen LogP contribution in [-0.4, -0.2) is 12.5 Å². The number of alkyl halides is 2. The van der Waals surface area contributed by atoms with Gasteiger partial charge in [-0.1, -0.05) is 11.6 Å². The minimum Gasteiger partial charge on any atom is -0.380 e. The lowest BCUT2D eigenvalue weighted by Gasteiger charge is -2.35. The van der Waals surface area contributed by atoms with E-state index in [1.807, 2.05) is 11.4 Å². The molecule has 1 heterocycles. The normalized spacial score (nSPS) is 26.3. The van der Waals surface area contributed by atoms with Crippen LogP contribution in [0.15, 0.2) is 11.4 Å². The largest absolute Gasteiger partial charge is 0.380 e. The van der Waals surface area contributed by atoms with Crippen molar-refractivity contribution in [3.05, 3.63) is 15.8 Å². The highest BCUT2D eigenvalue weighted by atomic mass is 35.5. The standard InChI is InChI=1S/C9H10ClF2NS/c10-8-7(1-2-14-8)13-6-3-5(4-6)9(11)12/h1-2,5-6,9,13H,3-4H2. The van der Waals surface area contributed by atoms with Crippen LogP contribution in [0.4, 0.5) is 14.5 Å². The maximum Gasteiger partial charge on any atom is 0.241 e. The van der Waals surface area contributed by atoms with Gasteiger partial charge in [-0.2, -0.15) is 0 Å². The number of hydrogen-bond acceptors (Lipinski definition) is 2. The zero-order valence-electron chi connectivity index (χ0n) is 7.34. The number of anilines is 1. The number of nitrogens with one attached hydrogen (secondary N) is 1.